The summed E-state index contributed by atoms with van der Waals surface area (Å²) in [6, 6.07) is 18.0. The largest absolute Gasteiger partial charge is 0.309 e. The summed E-state index contributed by atoms with van der Waals surface area (Å²) in [7, 11) is 1.95. The molecular formula is C20H17N3OS2. The lowest BCUT2D eigenvalue weighted by Gasteiger charge is -2.04. The quantitative estimate of drug-likeness (QED) is 0.363. The van der Waals surface area contributed by atoms with Crippen molar-refractivity contribution in [2.75, 3.05) is 5.75 Å². The van der Waals surface area contributed by atoms with Crippen molar-refractivity contribution >= 4 is 39.7 Å². The third-order valence-corrected chi connectivity index (χ3v) is 6.14. The van der Waals surface area contributed by atoms with Gasteiger partial charge in [-0.2, -0.15) is 0 Å². The fraction of sp³-hybridized carbons (Fsp3) is 0.150. The number of thiophene rings is 1. The van der Waals surface area contributed by atoms with Crippen LogP contribution in [0.5, 0.6) is 0 Å². The highest BCUT2D eigenvalue weighted by Crippen LogP contribution is 2.21. The van der Waals surface area contributed by atoms with Crippen LogP contribution in [-0.4, -0.2) is 26.3 Å². The van der Waals surface area contributed by atoms with Crippen LogP contribution in [0.2, 0.25) is 0 Å². The lowest BCUT2D eigenvalue weighted by Crippen LogP contribution is -2.04. The number of rotatable bonds is 6. The van der Waals surface area contributed by atoms with Gasteiger partial charge >= 0.3 is 0 Å². The molecule has 0 aliphatic heterocycles. The smallest absolute Gasteiger partial charge is 0.191 e. The summed E-state index contributed by atoms with van der Waals surface area (Å²) >= 11 is 3.14. The minimum atomic E-state index is 0.101. The van der Waals surface area contributed by atoms with Gasteiger partial charge in [-0.3, -0.25) is 4.79 Å². The molecule has 0 saturated carbocycles. The summed E-state index contributed by atoms with van der Waals surface area (Å²) in [5, 5.41) is 13.6. The van der Waals surface area contributed by atoms with E-state index in [1.807, 2.05) is 60.1 Å². The summed E-state index contributed by atoms with van der Waals surface area (Å²) in [6.07, 6.45) is 0.764. The predicted molar refractivity (Wildman–Crippen MR) is 107 cm³/mol. The van der Waals surface area contributed by atoms with E-state index in [0.29, 0.717) is 5.75 Å². The lowest BCUT2D eigenvalue weighted by molar-refractivity contribution is 0.102. The molecule has 0 radical (unpaired) electrons. The normalized spacial score (nSPS) is 11.1. The third kappa shape index (κ3) is 3.57. The van der Waals surface area contributed by atoms with E-state index in [2.05, 4.69) is 21.6 Å². The molecule has 2 heterocycles. The minimum Gasteiger partial charge on any atom is -0.309 e. The van der Waals surface area contributed by atoms with Gasteiger partial charge in [-0.05, 0) is 28.3 Å². The van der Waals surface area contributed by atoms with Crippen molar-refractivity contribution in [2.45, 2.75) is 11.6 Å². The van der Waals surface area contributed by atoms with Gasteiger partial charge in [0.2, 0.25) is 0 Å². The van der Waals surface area contributed by atoms with Gasteiger partial charge in [-0.15, -0.1) is 21.5 Å². The number of ketones is 1. The van der Waals surface area contributed by atoms with Crippen LogP contribution in [0.15, 0.2) is 65.1 Å². The molecule has 6 heteroatoms. The zero-order chi connectivity index (χ0) is 17.9. The summed E-state index contributed by atoms with van der Waals surface area (Å²) in [5.41, 5.74) is 0.733. The van der Waals surface area contributed by atoms with E-state index in [9.17, 15) is 4.79 Å². The van der Waals surface area contributed by atoms with Crippen molar-refractivity contribution in [3.05, 3.63) is 76.2 Å². The number of Topliss-reactive ketones (excluding diaryl/α,β-unsaturated/α-hetero) is 1. The van der Waals surface area contributed by atoms with Crippen LogP contribution in [0.4, 0.5) is 0 Å². The van der Waals surface area contributed by atoms with Crippen LogP contribution in [0.3, 0.4) is 0 Å². The molecule has 130 valence electrons. The first-order valence-electron chi connectivity index (χ1n) is 8.26. The van der Waals surface area contributed by atoms with Gasteiger partial charge in [0.15, 0.2) is 10.9 Å². The van der Waals surface area contributed by atoms with Crippen molar-refractivity contribution in [3.63, 3.8) is 0 Å². The summed E-state index contributed by atoms with van der Waals surface area (Å²) < 4.78 is 1.97. The molecule has 2 aromatic heterocycles. The number of hydrogen-bond donors (Lipinski definition) is 0. The van der Waals surface area contributed by atoms with Gasteiger partial charge in [0.05, 0.1) is 5.75 Å². The van der Waals surface area contributed by atoms with E-state index in [1.54, 1.807) is 11.3 Å². The van der Waals surface area contributed by atoms with E-state index in [4.69, 9.17) is 0 Å². The Labute approximate surface area is 159 Å². The Kier molecular flexibility index (Phi) is 4.86. The number of aromatic nitrogens is 3. The van der Waals surface area contributed by atoms with Gasteiger partial charge in [0, 0.05) is 23.9 Å². The van der Waals surface area contributed by atoms with Crippen molar-refractivity contribution in [1.82, 2.24) is 14.8 Å². The first-order valence-corrected chi connectivity index (χ1v) is 10.1. The lowest BCUT2D eigenvalue weighted by atomic mass is 10.1. The number of thioether (sulfide) groups is 1. The van der Waals surface area contributed by atoms with Crippen molar-refractivity contribution in [3.8, 4) is 0 Å². The average molecular weight is 380 g/mol. The van der Waals surface area contributed by atoms with E-state index in [0.717, 1.165) is 33.7 Å². The second-order valence-corrected chi connectivity index (χ2v) is 7.96. The monoisotopic (exact) mass is 379 g/mol. The number of carbonyl (C=O) groups is 1. The summed E-state index contributed by atoms with van der Waals surface area (Å²) in [4.78, 5) is 13.8. The summed E-state index contributed by atoms with van der Waals surface area (Å²) in [6.45, 7) is 0. The zero-order valence-corrected chi connectivity index (χ0v) is 15.9. The maximum atomic E-state index is 12.6. The van der Waals surface area contributed by atoms with Crippen LogP contribution < -0.4 is 0 Å². The van der Waals surface area contributed by atoms with E-state index >= 15 is 0 Å². The van der Waals surface area contributed by atoms with Crippen molar-refractivity contribution < 1.29 is 4.79 Å². The Morgan fingerprint density at radius 3 is 2.73 bits per heavy atom. The average Bonchev–Trinajstić information content (AvgIpc) is 3.30. The summed E-state index contributed by atoms with van der Waals surface area (Å²) in [5.74, 6) is 1.36. The SMILES string of the molecule is Cn1c(Cc2cccs2)nnc1SCC(=O)c1ccc2ccccc2c1. The Bertz CT molecular complexity index is 1050. The first kappa shape index (κ1) is 17.0. The van der Waals surface area contributed by atoms with E-state index in [-0.39, 0.29) is 5.78 Å². The molecule has 0 aliphatic rings. The highest BCUT2D eigenvalue weighted by atomic mass is 32.2. The molecule has 4 aromatic rings. The fourth-order valence-corrected chi connectivity index (χ4v) is 4.30. The minimum absolute atomic E-state index is 0.101. The molecule has 4 rings (SSSR count). The molecule has 0 N–H and O–H groups in total. The molecule has 4 nitrogen and oxygen atoms in total. The maximum absolute atomic E-state index is 12.6. The molecule has 0 saturated heterocycles. The van der Waals surface area contributed by atoms with Crippen LogP contribution in [0, 0.1) is 0 Å². The highest BCUT2D eigenvalue weighted by molar-refractivity contribution is 7.99. The van der Waals surface area contributed by atoms with Crippen molar-refractivity contribution in [1.29, 1.82) is 0 Å². The Hall–Kier alpha value is -2.44. The van der Waals surface area contributed by atoms with Crippen LogP contribution >= 0.6 is 23.1 Å². The van der Waals surface area contributed by atoms with Crippen LogP contribution in [0.1, 0.15) is 21.1 Å². The molecular weight excluding hydrogens is 362 g/mol. The Balaban J connectivity index is 1.44. The molecule has 0 spiro atoms. The molecule has 0 amide bonds. The Morgan fingerprint density at radius 1 is 1.08 bits per heavy atom. The van der Waals surface area contributed by atoms with Gasteiger partial charge in [0.1, 0.15) is 5.82 Å². The van der Waals surface area contributed by atoms with Gasteiger partial charge in [0.25, 0.3) is 0 Å². The number of carbonyl (C=O) groups excluding carboxylic acids is 1. The molecule has 0 atom stereocenters. The fourth-order valence-electron chi connectivity index (χ4n) is 2.77. The molecule has 0 unspecified atom stereocenters. The van der Waals surface area contributed by atoms with E-state index in [1.165, 1.54) is 16.6 Å². The number of benzene rings is 2. The number of fused-ring (bicyclic) bond motifs is 1. The van der Waals surface area contributed by atoms with Gasteiger partial charge < -0.3 is 4.57 Å². The number of nitrogens with zero attached hydrogens (tertiary/aromatic N) is 3. The Morgan fingerprint density at radius 2 is 1.92 bits per heavy atom. The van der Waals surface area contributed by atoms with E-state index < -0.39 is 0 Å². The van der Waals surface area contributed by atoms with Crippen LogP contribution in [0.25, 0.3) is 10.8 Å². The molecule has 2 aromatic carbocycles. The standard InChI is InChI=1S/C20H17N3OS2/c1-23-19(12-17-7-4-10-25-17)21-22-20(23)26-13-18(24)16-9-8-14-5-2-3-6-15(14)11-16/h2-11H,12-13H2,1H3. The topological polar surface area (TPSA) is 47.8 Å². The second kappa shape index (κ2) is 7.43. The van der Waals surface area contributed by atoms with Crippen molar-refractivity contribution in [2.24, 2.45) is 7.05 Å². The molecule has 0 fully saturated rings. The first-order chi connectivity index (χ1) is 12.7. The number of hydrogen-bond acceptors (Lipinski definition) is 5. The maximum Gasteiger partial charge on any atom is 0.191 e. The third-order valence-electron chi connectivity index (χ3n) is 4.24. The van der Waals surface area contributed by atoms with Gasteiger partial charge in [-0.25, -0.2) is 0 Å². The predicted octanol–water partition coefficient (Wildman–Crippen LogP) is 4.60. The molecule has 26 heavy (non-hydrogen) atoms. The van der Waals surface area contributed by atoms with Crippen LogP contribution in [-0.2, 0) is 13.5 Å². The highest BCUT2D eigenvalue weighted by Gasteiger charge is 2.13. The van der Waals surface area contributed by atoms with Gasteiger partial charge in [-0.1, -0.05) is 54.2 Å². The molecule has 0 bridgehead atoms. The zero-order valence-electron chi connectivity index (χ0n) is 14.3. The second-order valence-electron chi connectivity index (χ2n) is 5.99. The molecule has 0 aliphatic carbocycles.